The molecule has 0 spiro atoms. The Labute approximate surface area is 243 Å². The molecule has 14 heteroatoms. The number of alkyl halides is 3. The molecule has 0 fully saturated rings. The molecule has 1 aromatic carbocycles. The number of nitrogens with zero attached hydrogens (tertiary/aromatic N) is 5. The van der Waals surface area contributed by atoms with Gasteiger partial charge in [0.2, 0.25) is 5.91 Å². The molecular weight excluding hydrogens is 571 g/mol. The van der Waals surface area contributed by atoms with E-state index in [0.717, 1.165) is 60.7 Å². The van der Waals surface area contributed by atoms with E-state index in [4.69, 9.17) is 0 Å². The van der Waals surface area contributed by atoms with E-state index in [9.17, 15) is 26.4 Å². The van der Waals surface area contributed by atoms with Gasteiger partial charge >= 0.3 is 6.18 Å². The van der Waals surface area contributed by atoms with Gasteiger partial charge in [-0.2, -0.15) is 13.2 Å². The van der Waals surface area contributed by atoms with Gasteiger partial charge in [-0.15, -0.1) is 5.10 Å². The van der Waals surface area contributed by atoms with E-state index in [0.29, 0.717) is 18.4 Å². The van der Waals surface area contributed by atoms with Crippen molar-refractivity contribution in [2.45, 2.75) is 75.1 Å². The monoisotopic (exact) mass is 605 g/mol. The van der Waals surface area contributed by atoms with Crippen LogP contribution in [0.15, 0.2) is 71.2 Å². The quantitative estimate of drug-likeness (QED) is 0.495. The van der Waals surface area contributed by atoms with Gasteiger partial charge < -0.3 is 10.2 Å². The third-order valence-corrected chi connectivity index (χ3v) is 9.26. The molecule has 5 rings (SSSR count). The Hall–Kier alpha value is -3.65. The Kier molecular flexibility index (Phi) is 7.96. The van der Waals surface area contributed by atoms with Crippen molar-refractivity contribution in [1.82, 2.24) is 34.8 Å². The van der Waals surface area contributed by atoms with E-state index in [1.165, 1.54) is 11.1 Å². The van der Waals surface area contributed by atoms with Crippen molar-refractivity contribution in [3.8, 4) is 0 Å². The summed E-state index contributed by atoms with van der Waals surface area (Å²) in [5.74, 6) is -0.621. The summed E-state index contributed by atoms with van der Waals surface area (Å²) in [6.45, 7) is 7.75. The zero-order valence-corrected chi connectivity index (χ0v) is 24.4. The molecule has 1 amide bonds. The first-order valence-corrected chi connectivity index (χ1v) is 15.1. The van der Waals surface area contributed by atoms with Crippen LogP contribution in [-0.4, -0.2) is 63.3 Å². The maximum absolute atomic E-state index is 13.4. The van der Waals surface area contributed by atoms with Gasteiger partial charge in [-0.25, -0.2) is 13.1 Å². The third-order valence-electron chi connectivity index (χ3n) is 7.48. The van der Waals surface area contributed by atoms with Crippen LogP contribution in [0.2, 0.25) is 0 Å². The molecule has 0 saturated carbocycles. The van der Waals surface area contributed by atoms with Crippen molar-refractivity contribution >= 4 is 15.9 Å². The summed E-state index contributed by atoms with van der Waals surface area (Å²) >= 11 is 0. The molecule has 226 valence electrons. The van der Waals surface area contributed by atoms with Gasteiger partial charge in [0.25, 0.3) is 10.0 Å². The average molecular weight is 606 g/mol. The van der Waals surface area contributed by atoms with Crippen LogP contribution in [0.5, 0.6) is 0 Å². The summed E-state index contributed by atoms with van der Waals surface area (Å²) in [5.41, 5.74) is 1.77. The fraction of sp³-hybridized carbons (Fsp3) is 0.464. The fourth-order valence-electron chi connectivity index (χ4n) is 5.29. The van der Waals surface area contributed by atoms with Crippen LogP contribution in [-0.2, 0) is 27.4 Å². The zero-order chi connectivity index (χ0) is 30.3. The standard InChI is InChI=1S/C28H34F3N7O3S/c1-27(2,3)33-18-36-12-10-19-6-4-9-24(23(19)17-36)37-16-21(34-35-37)15-25-26(39)32-11-13-38(25)42(40,41)22-8-5-7-20(14-22)28(29,30)31/h5,7-8,10-14,16,24-25,33H,4,6,9,15,17-18H2,1-3H3,(H,32,39). The number of hydrogen-bond acceptors (Lipinski definition) is 7. The molecule has 10 nitrogen and oxygen atoms in total. The van der Waals surface area contributed by atoms with Gasteiger partial charge in [0.1, 0.15) is 6.04 Å². The Morgan fingerprint density at radius 3 is 2.69 bits per heavy atom. The molecule has 2 atom stereocenters. The Bertz CT molecular complexity index is 1540. The molecule has 0 radical (unpaired) electrons. The molecule has 0 bridgehead atoms. The molecule has 1 aromatic heterocycles. The second-order valence-electron chi connectivity index (χ2n) is 11.7. The summed E-state index contributed by atoms with van der Waals surface area (Å²) in [6, 6.07) is 2.15. The second kappa shape index (κ2) is 11.2. The topological polar surface area (TPSA) is 112 Å². The summed E-state index contributed by atoms with van der Waals surface area (Å²) < 4.78 is 69.2. The summed E-state index contributed by atoms with van der Waals surface area (Å²) in [5, 5.41) is 14.6. The van der Waals surface area contributed by atoms with Gasteiger partial charge in [-0.3, -0.25) is 14.4 Å². The van der Waals surface area contributed by atoms with Crippen molar-refractivity contribution in [3.63, 3.8) is 0 Å². The van der Waals surface area contributed by atoms with E-state index >= 15 is 0 Å². The van der Waals surface area contributed by atoms with Crippen LogP contribution < -0.4 is 10.6 Å². The fourth-order valence-corrected chi connectivity index (χ4v) is 6.79. The molecule has 0 saturated heterocycles. The highest BCUT2D eigenvalue weighted by Gasteiger charge is 2.38. The SMILES string of the molecule is CC(C)(C)NCN1C=CC2=C(C1)C(n1cc(CC3C(=O)NC=CN3S(=O)(=O)c3cccc(C(F)(F)F)c3)nn1)CCC2. The first-order chi connectivity index (χ1) is 19.7. The molecule has 1 aliphatic carbocycles. The number of carbonyl (C=O) groups is 1. The van der Waals surface area contributed by atoms with Gasteiger partial charge in [-0.05, 0) is 75.5 Å². The molecule has 3 heterocycles. The highest BCUT2D eigenvalue weighted by Crippen LogP contribution is 2.37. The number of sulfonamides is 1. The molecule has 2 unspecified atom stereocenters. The number of aromatic nitrogens is 3. The van der Waals surface area contributed by atoms with Gasteiger partial charge in [0.15, 0.2) is 0 Å². The lowest BCUT2D eigenvalue weighted by atomic mass is 9.86. The van der Waals surface area contributed by atoms with Crippen molar-refractivity contribution in [3.05, 3.63) is 77.5 Å². The lowest BCUT2D eigenvalue weighted by Crippen LogP contribution is -2.50. The van der Waals surface area contributed by atoms with E-state index < -0.39 is 38.6 Å². The Morgan fingerprint density at radius 1 is 1.17 bits per heavy atom. The van der Waals surface area contributed by atoms with E-state index in [-0.39, 0.29) is 18.0 Å². The van der Waals surface area contributed by atoms with E-state index in [1.54, 1.807) is 10.9 Å². The number of rotatable bonds is 7. The summed E-state index contributed by atoms with van der Waals surface area (Å²) in [6.07, 6.45) is 6.21. The van der Waals surface area contributed by atoms with Crippen molar-refractivity contribution in [2.75, 3.05) is 13.2 Å². The minimum absolute atomic E-state index is 0.0294. The lowest BCUT2D eigenvalue weighted by Gasteiger charge is -2.36. The Morgan fingerprint density at radius 2 is 1.95 bits per heavy atom. The average Bonchev–Trinajstić information content (AvgIpc) is 3.40. The maximum atomic E-state index is 13.4. The van der Waals surface area contributed by atoms with Crippen LogP contribution in [0, 0.1) is 0 Å². The lowest BCUT2D eigenvalue weighted by molar-refractivity contribution is -0.137. The first-order valence-electron chi connectivity index (χ1n) is 13.7. The minimum Gasteiger partial charge on any atom is -0.361 e. The number of amides is 1. The highest BCUT2D eigenvalue weighted by atomic mass is 32.2. The van der Waals surface area contributed by atoms with E-state index in [2.05, 4.69) is 58.9 Å². The normalized spacial score (nSPS) is 21.5. The summed E-state index contributed by atoms with van der Waals surface area (Å²) in [7, 11) is -4.49. The molecule has 2 aromatic rings. The number of hydrogen-bond donors (Lipinski definition) is 2. The molecule has 2 aliphatic heterocycles. The first kappa shape index (κ1) is 29.8. The minimum atomic E-state index is -4.72. The van der Waals surface area contributed by atoms with Crippen LogP contribution in [0.4, 0.5) is 13.2 Å². The predicted octanol–water partition coefficient (Wildman–Crippen LogP) is 3.70. The van der Waals surface area contributed by atoms with Crippen molar-refractivity contribution in [2.24, 2.45) is 0 Å². The van der Waals surface area contributed by atoms with Gasteiger partial charge in [0, 0.05) is 43.3 Å². The van der Waals surface area contributed by atoms with Crippen LogP contribution in [0.1, 0.15) is 57.3 Å². The zero-order valence-electron chi connectivity index (χ0n) is 23.6. The third kappa shape index (κ3) is 6.38. The number of carbonyl (C=O) groups excluding carboxylic acids is 1. The van der Waals surface area contributed by atoms with Crippen LogP contribution in [0.25, 0.3) is 0 Å². The van der Waals surface area contributed by atoms with Crippen LogP contribution in [0.3, 0.4) is 0 Å². The largest absolute Gasteiger partial charge is 0.416 e. The molecule has 3 aliphatic rings. The number of halogens is 3. The highest BCUT2D eigenvalue weighted by molar-refractivity contribution is 7.89. The summed E-state index contributed by atoms with van der Waals surface area (Å²) in [4.78, 5) is 14.5. The number of benzene rings is 1. The Balaban J connectivity index is 1.36. The smallest absolute Gasteiger partial charge is 0.361 e. The van der Waals surface area contributed by atoms with Crippen molar-refractivity contribution in [1.29, 1.82) is 0 Å². The van der Waals surface area contributed by atoms with Crippen molar-refractivity contribution < 1.29 is 26.4 Å². The van der Waals surface area contributed by atoms with Crippen LogP contribution >= 0.6 is 0 Å². The molecule has 42 heavy (non-hydrogen) atoms. The van der Waals surface area contributed by atoms with Gasteiger partial charge in [0.05, 0.1) is 28.9 Å². The predicted molar refractivity (Wildman–Crippen MR) is 149 cm³/mol. The molecule has 2 N–H and O–H groups in total. The maximum Gasteiger partial charge on any atom is 0.416 e. The number of allylic oxidation sites excluding steroid dienone is 2. The van der Waals surface area contributed by atoms with Gasteiger partial charge in [-0.1, -0.05) is 11.3 Å². The van der Waals surface area contributed by atoms with E-state index in [1.807, 2.05) is 0 Å². The second-order valence-corrected chi connectivity index (χ2v) is 13.5. The number of nitrogens with one attached hydrogen (secondary N) is 2. The molecular formula is C28H34F3N7O3S.